The molecule has 2 saturated heterocycles. The summed E-state index contributed by atoms with van der Waals surface area (Å²) in [5.41, 5.74) is 0.906. The van der Waals surface area contributed by atoms with Gasteiger partial charge in [-0.3, -0.25) is 0 Å². The molecule has 0 aromatic carbocycles. The van der Waals surface area contributed by atoms with Crippen molar-refractivity contribution in [2.24, 2.45) is 58.2 Å². The molecule has 0 bridgehead atoms. The van der Waals surface area contributed by atoms with Crippen LogP contribution in [-0.4, -0.2) is 64.1 Å². The van der Waals surface area contributed by atoms with Gasteiger partial charge in [-0.25, -0.2) is 0 Å². The molecule has 0 radical (unpaired) electrons. The Morgan fingerprint density at radius 3 is 0.963 bits per heavy atom. The normalized spacial score (nSPS) is 21.8. The van der Waals surface area contributed by atoms with E-state index < -0.39 is 36.3 Å². The van der Waals surface area contributed by atoms with E-state index in [0.717, 1.165) is 72.4 Å². The highest BCUT2D eigenvalue weighted by Gasteiger charge is 2.48. The van der Waals surface area contributed by atoms with Crippen LogP contribution in [0.4, 0.5) is 0 Å². The molecule has 458 valence electrons. The summed E-state index contributed by atoms with van der Waals surface area (Å²) in [6.07, 6.45) is 23.5. The maximum atomic E-state index is 10.2. The minimum Gasteiger partial charge on any atom is -0.481 e. The molecule has 0 amide bonds. The molecule has 8 nitrogen and oxygen atoms in total. The van der Waals surface area contributed by atoms with Gasteiger partial charge in [-0.2, -0.15) is 0 Å². The number of aliphatic hydroxyl groups excluding tert-OH is 2. The lowest BCUT2D eigenvalue weighted by atomic mass is 9.78. The minimum atomic E-state index is -0.500. The van der Waals surface area contributed by atoms with E-state index in [9.17, 15) is 10.2 Å². The molecule has 2 fully saturated rings. The van der Waals surface area contributed by atoms with Crippen molar-refractivity contribution in [3.05, 3.63) is 35.4 Å². The number of hydrogen-bond acceptors (Lipinski definition) is 12. The Morgan fingerprint density at radius 2 is 0.695 bits per heavy atom. The van der Waals surface area contributed by atoms with Crippen LogP contribution in [-0.2, 0) is 29.8 Å². The van der Waals surface area contributed by atoms with Gasteiger partial charge in [-0.15, -0.1) is 45.3 Å². The van der Waals surface area contributed by atoms with Gasteiger partial charge < -0.3 is 38.3 Å². The third-order valence-corrected chi connectivity index (χ3v) is 23.9. The number of aliphatic hydroxyl groups is 2. The SMILES string of the molecule is CC(C)CCCC(C)CCC1(CCC(C)CCCC(C)C)Oc2cc(B3OCC(C)(CO)CO3)sc2-c2sc(-c3cc4c(s3)-c3sc(B5OCC(C)(CO)CO5)cc3OC4(CCC(C)CCCC(C)C)CCC(C)CCCC(C)C)cc21. The lowest BCUT2D eigenvalue weighted by Gasteiger charge is -2.39. The molecule has 0 aliphatic carbocycles. The van der Waals surface area contributed by atoms with E-state index in [4.69, 9.17) is 28.1 Å². The van der Waals surface area contributed by atoms with Crippen molar-refractivity contribution in [1.82, 2.24) is 0 Å². The van der Waals surface area contributed by atoms with Gasteiger partial charge in [0.15, 0.2) is 0 Å². The molecule has 4 aliphatic heterocycles. The highest BCUT2D eigenvalue weighted by atomic mass is 32.1. The molecule has 4 unspecified atom stereocenters. The Kier molecular flexibility index (Phi) is 23.9. The van der Waals surface area contributed by atoms with Crippen LogP contribution in [0.15, 0.2) is 24.3 Å². The summed E-state index contributed by atoms with van der Waals surface area (Å²) >= 11 is 7.46. The van der Waals surface area contributed by atoms with Gasteiger partial charge >= 0.3 is 14.2 Å². The molecule has 4 aliphatic rings. The molecule has 0 spiro atoms. The van der Waals surface area contributed by atoms with Crippen LogP contribution in [0.5, 0.6) is 11.5 Å². The molecule has 4 aromatic heterocycles. The second kappa shape index (κ2) is 29.5. The largest absolute Gasteiger partial charge is 0.504 e. The van der Waals surface area contributed by atoms with E-state index in [0.29, 0.717) is 73.8 Å². The molecule has 4 aromatic rings. The number of ether oxygens (including phenoxy) is 2. The topological polar surface area (TPSA) is 95.8 Å². The van der Waals surface area contributed by atoms with Crippen molar-refractivity contribution >= 4 is 69.1 Å². The summed E-state index contributed by atoms with van der Waals surface area (Å²) in [6.45, 7) is 34.6. The van der Waals surface area contributed by atoms with E-state index in [1.165, 1.54) is 117 Å². The van der Waals surface area contributed by atoms with Gasteiger partial charge in [-0.05, 0) is 123 Å². The Morgan fingerprint density at radius 1 is 0.402 bits per heavy atom. The predicted octanol–water partition coefficient (Wildman–Crippen LogP) is 18.6. The molecular weight excluding hydrogens is 1090 g/mol. The van der Waals surface area contributed by atoms with Crippen LogP contribution in [0, 0.1) is 58.2 Å². The maximum Gasteiger partial charge on any atom is 0.504 e. The fraction of sp³-hybridized carbons (Fsp3) is 0.765. The molecular formula is C68H108B2O8S4. The van der Waals surface area contributed by atoms with E-state index in [1.807, 2.05) is 36.5 Å². The van der Waals surface area contributed by atoms with Crippen molar-refractivity contribution < 1.29 is 38.3 Å². The molecule has 82 heavy (non-hydrogen) atoms. The quantitative estimate of drug-likeness (QED) is 0.0456. The van der Waals surface area contributed by atoms with E-state index in [1.54, 1.807) is 22.7 Å². The van der Waals surface area contributed by atoms with Crippen LogP contribution in [0.3, 0.4) is 0 Å². The minimum absolute atomic E-state index is 0.0250. The summed E-state index contributed by atoms with van der Waals surface area (Å²) in [6, 6.07) is 9.63. The van der Waals surface area contributed by atoms with Crippen LogP contribution in [0.1, 0.15) is 236 Å². The average Bonchev–Trinajstić information content (AvgIpc) is 3.32. The summed E-state index contributed by atoms with van der Waals surface area (Å²) in [4.78, 5) is 7.64. The zero-order valence-electron chi connectivity index (χ0n) is 53.4. The van der Waals surface area contributed by atoms with E-state index in [-0.39, 0.29) is 13.2 Å². The van der Waals surface area contributed by atoms with E-state index in [2.05, 4.69) is 107 Å². The van der Waals surface area contributed by atoms with E-state index >= 15 is 0 Å². The number of thiophene rings is 4. The number of fused-ring (bicyclic) bond motifs is 6. The summed E-state index contributed by atoms with van der Waals surface area (Å²) in [5, 5.41) is 20.4. The average molecular weight is 1200 g/mol. The summed E-state index contributed by atoms with van der Waals surface area (Å²) in [5.74, 6) is 7.17. The molecule has 4 atom stereocenters. The zero-order valence-corrected chi connectivity index (χ0v) is 56.7. The third-order valence-electron chi connectivity index (χ3n) is 18.8. The van der Waals surface area contributed by atoms with Crippen molar-refractivity contribution in [1.29, 1.82) is 0 Å². The van der Waals surface area contributed by atoms with Crippen LogP contribution >= 0.6 is 45.3 Å². The van der Waals surface area contributed by atoms with Gasteiger partial charge in [0, 0.05) is 67.7 Å². The van der Waals surface area contributed by atoms with Gasteiger partial charge in [-0.1, -0.05) is 174 Å². The number of rotatable bonds is 33. The highest BCUT2D eigenvalue weighted by molar-refractivity contribution is 7.32. The Hall–Kier alpha value is -1.71. The lowest BCUT2D eigenvalue weighted by Crippen LogP contribution is -2.49. The first-order valence-electron chi connectivity index (χ1n) is 32.7. The van der Waals surface area contributed by atoms with Gasteiger partial charge in [0.25, 0.3) is 0 Å². The Balaban J connectivity index is 1.24. The fourth-order valence-electron chi connectivity index (χ4n) is 12.8. The van der Waals surface area contributed by atoms with Gasteiger partial charge in [0.05, 0.1) is 32.7 Å². The van der Waals surface area contributed by atoms with Crippen LogP contribution in [0.25, 0.3) is 29.3 Å². The second-order valence-corrected chi connectivity index (χ2v) is 33.6. The van der Waals surface area contributed by atoms with Crippen molar-refractivity contribution in [2.75, 3.05) is 39.6 Å². The van der Waals surface area contributed by atoms with Gasteiger partial charge in [0.1, 0.15) is 22.7 Å². The highest BCUT2D eigenvalue weighted by Crippen LogP contribution is 2.60. The molecule has 8 heterocycles. The van der Waals surface area contributed by atoms with Crippen molar-refractivity contribution in [2.45, 2.75) is 237 Å². The van der Waals surface area contributed by atoms with Crippen LogP contribution < -0.4 is 19.0 Å². The van der Waals surface area contributed by atoms with Crippen molar-refractivity contribution in [3.8, 4) is 40.8 Å². The summed E-state index contributed by atoms with van der Waals surface area (Å²) in [7, 11) is -1.00. The number of hydrogen-bond donors (Lipinski definition) is 2. The standard InChI is InChI=1S/C68H108B2O8S4/c1-45(2)19-15-23-49(9)27-31-67(32-28-50(10)24-16-20-46(3)4)53-35-57(79-61(53)63-55(77-67)37-59(81-63)69-73-41-65(13,39-71)42-74-69)58-36-54-62(80-58)64-56(38-60(82-64)70-75-43-66(14,40-72)44-76-70)78-68(54,33-29-51(11)25-17-21-47(5)6)34-30-52(12)26-18-22-48(7)8/h35-38,45-52,71-72H,15-34,39-44H2,1-14H3. The second-order valence-electron chi connectivity index (χ2n) is 29.3. The zero-order chi connectivity index (χ0) is 59.0. The Bertz CT molecular complexity index is 2350. The Labute approximate surface area is 514 Å². The molecule has 8 rings (SSSR count). The third kappa shape index (κ3) is 16.9. The fourth-order valence-corrected chi connectivity index (χ4v) is 17.9. The monoisotopic (exact) mass is 1200 g/mol. The first-order chi connectivity index (χ1) is 39.0. The lowest BCUT2D eigenvalue weighted by molar-refractivity contribution is -0.0145. The van der Waals surface area contributed by atoms with Gasteiger partial charge in [0.2, 0.25) is 0 Å². The molecule has 2 N–H and O–H groups in total. The maximum absolute atomic E-state index is 10.2. The first-order valence-corrected chi connectivity index (χ1v) is 35.9. The van der Waals surface area contributed by atoms with Crippen LogP contribution in [0.2, 0.25) is 0 Å². The molecule has 0 saturated carbocycles. The smallest absolute Gasteiger partial charge is 0.481 e. The molecule has 14 heteroatoms. The first kappa shape index (κ1) is 66.2. The van der Waals surface area contributed by atoms with Crippen molar-refractivity contribution in [3.63, 3.8) is 0 Å². The summed E-state index contributed by atoms with van der Waals surface area (Å²) < 4.78 is 43.4. The predicted molar refractivity (Wildman–Crippen MR) is 352 cm³/mol.